The fourth-order valence-corrected chi connectivity index (χ4v) is 2.84. The van der Waals surface area contributed by atoms with E-state index in [1.54, 1.807) is 18.2 Å². The van der Waals surface area contributed by atoms with E-state index in [1.165, 1.54) is 22.9 Å². The van der Waals surface area contributed by atoms with Crippen LogP contribution < -0.4 is 11.1 Å². The van der Waals surface area contributed by atoms with Crippen LogP contribution in [0.4, 0.5) is 19.1 Å². The first kappa shape index (κ1) is 20.2. The second-order valence-electron chi connectivity index (χ2n) is 5.52. The number of carbonyl (C=O) groups is 1. The molecule has 0 fully saturated rings. The molecule has 3 aromatic rings. The average Bonchev–Trinajstić information content (AvgIpc) is 3.08. The third kappa shape index (κ3) is 4.29. The number of nitrogens with two attached hydrogens (primary N) is 1. The molecule has 1 atom stereocenters. The van der Waals surface area contributed by atoms with Crippen molar-refractivity contribution in [2.75, 3.05) is 11.9 Å². The smallest absolute Gasteiger partial charge is 0.434 e. The van der Waals surface area contributed by atoms with Gasteiger partial charge >= 0.3 is 12.1 Å². The number of alkyl halides is 3. The number of nitrogens with zero attached hydrogens (tertiary/aromatic N) is 3. The van der Waals surface area contributed by atoms with E-state index in [1.807, 2.05) is 0 Å². The number of carbonyl (C=O) groups excluding carboxylic acids is 1. The van der Waals surface area contributed by atoms with Crippen molar-refractivity contribution in [1.29, 1.82) is 0 Å². The Morgan fingerprint density at radius 3 is 2.71 bits per heavy atom. The number of nitrogens with one attached hydrogen (secondary N) is 1. The van der Waals surface area contributed by atoms with Crippen molar-refractivity contribution in [3.8, 4) is 11.3 Å². The molecule has 0 amide bonds. The standard InChI is InChI=1S/C16H12Cl2F3N5O2/c17-8-1-2-9(10(18)5-8)11-6-12-23-3-4-26(12)15(24-11)25-13(7-22)28-14(27)16(19,20)21/h1-6,13H,7,22H2,(H,24,25). The van der Waals surface area contributed by atoms with Crippen LogP contribution in [-0.4, -0.2) is 39.3 Å². The summed E-state index contributed by atoms with van der Waals surface area (Å²) in [7, 11) is 0. The van der Waals surface area contributed by atoms with E-state index in [2.05, 4.69) is 20.0 Å². The second-order valence-corrected chi connectivity index (χ2v) is 6.36. The van der Waals surface area contributed by atoms with Gasteiger partial charge in [0.2, 0.25) is 5.95 Å². The highest BCUT2D eigenvalue weighted by Gasteiger charge is 2.42. The molecule has 0 bridgehead atoms. The van der Waals surface area contributed by atoms with Gasteiger partial charge in [0.25, 0.3) is 0 Å². The van der Waals surface area contributed by atoms with E-state index >= 15 is 0 Å². The number of hydrogen-bond donors (Lipinski definition) is 2. The third-order valence-electron chi connectivity index (χ3n) is 3.58. The molecule has 0 aliphatic carbocycles. The molecule has 28 heavy (non-hydrogen) atoms. The fraction of sp³-hybridized carbons (Fsp3) is 0.188. The quantitative estimate of drug-likeness (QED) is 0.472. The van der Waals surface area contributed by atoms with Crippen molar-refractivity contribution < 1.29 is 22.7 Å². The number of aromatic nitrogens is 3. The maximum atomic E-state index is 12.5. The molecule has 3 N–H and O–H groups in total. The number of ether oxygens (including phenoxy) is 1. The molecule has 7 nitrogen and oxygen atoms in total. The molecular weight excluding hydrogens is 422 g/mol. The highest BCUT2D eigenvalue weighted by molar-refractivity contribution is 6.36. The molecule has 2 heterocycles. The van der Waals surface area contributed by atoms with E-state index in [9.17, 15) is 18.0 Å². The Morgan fingerprint density at radius 1 is 1.32 bits per heavy atom. The SMILES string of the molecule is NCC(Nc1nc(-c2ccc(Cl)cc2Cl)cc2nccn12)OC(=O)C(F)(F)F. The van der Waals surface area contributed by atoms with Crippen LogP contribution >= 0.6 is 23.2 Å². The maximum Gasteiger partial charge on any atom is 0.491 e. The summed E-state index contributed by atoms with van der Waals surface area (Å²) in [5.41, 5.74) is 6.75. The molecule has 0 saturated heterocycles. The van der Waals surface area contributed by atoms with Gasteiger partial charge in [-0.2, -0.15) is 13.2 Å². The normalized spacial score (nSPS) is 12.8. The van der Waals surface area contributed by atoms with Gasteiger partial charge in [-0.25, -0.2) is 14.8 Å². The number of halogens is 5. The van der Waals surface area contributed by atoms with Gasteiger partial charge in [0.1, 0.15) is 5.65 Å². The molecule has 0 saturated carbocycles. The Balaban J connectivity index is 1.98. The van der Waals surface area contributed by atoms with Gasteiger partial charge in [0.05, 0.1) is 10.7 Å². The zero-order chi connectivity index (χ0) is 20.5. The second kappa shape index (κ2) is 7.82. The zero-order valence-electron chi connectivity index (χ0n) is 13.9. The molecule has 0 spiro atoms. The van der Waals surface area contributed by atoms with E-state index < -0.39 is 24.9 Å². The lowest BCUT2D eigenvalue weighted by molar-refractivity contribution is -0.203. The Bertz CT molecular complexity index is 1030. The molecule has 0 aliphatic heterocycles. The number of fused-ring (bicyclic) bond motifs is 1. The first-order chi connectivity index (χ1) is 13.2. The molecule has 1 aromatic carbocycles. The Morgan fingerprint density at radius 2 is 2.07 bits per heavy atom. The van der Waals surface area contributed by atoms with Crippen LogP contribution in [0.2, 0.25) is 10.0 Å². The molecule has 0 radical (unpaired) electrons. The Labute approximate surface area is 166 Å². The summed E-state index contributed by atoms with van der Waals surface area (Å²) in [6, 6.07) is 6.40. The lowest BCUT2D eigenvalue weighted by Crippen LogP contribution is -2.39. The van der Waals surface area contributed by atoms with Crippen molar-refractivity contribution >= 4 is 40.8 Å². The Hall–Kier alpha value is -2.56. The van der Waals surface area contributed by atoms with E-state index in [0.29, 0.717) is 26.9 Å². The highest BCUT2D eigenvalue weighted by atomic mass is 35.5. The van der Waals surface area contributed by atoms with Crippen LogP contribution in [-0.2, 0) is 9.53 Å². The minimum Gasteiger partial charge on any atom is -0.434 e. The van der Waals surface area contributed by atoms with Crippen LogP contribution in [0.25, 0.3) is 16.9 Å². The zero-order valence-corrected chi connectivity index (χ0v) is 15.4. The average molecular weight is 434 g/mol. The number of benzene rings is 1. The van der Waals surface area contributed by atoms with Gasteiger partial charge in [0, 0.05) is 35.6 Å². The van der Waals surface area contributed by atoms with Gasteiger partial charge in [-0.3, -0.25) is 4.40 Å². The summed E-state index contributed by atoms with van der Waals surface area (Å²) < 4.78 is 43.2. The molecule has 1 unspecified atom stereocenters. The molecule has 2 aromatic heterocycles. The predicted molar refractivity (Wildman–Crippen MR) is 97.1 cm³/mol. The lowest BCUT2D eigenvalue weighted by Gasteiger charge is -2.20. The molecule has 3 rings (SSSR count). The molecule has 0 aliphatic rings. The van der Waals surface area contributed by atoms with Gasteiger partial charge in [-0.15, -0.1) is 0 Å². The summed E-state index contributed by atoms with van der Waals surface area (Å²) in [5.74, 6) is -2.31. The van der Waals surface area contributed by atoms with Gasteiger partial charge in [-0.1, -0.05) is 23.2 Å². The number of esters is 1. The summed E-state index contributed by atoms with van der Waals surface area (Å²) in [6.07, 6.45) is -3.62. The van der Waals surface area contributed by atoms with Crippen molar-refractivity contribution in [1.82, 2.24) is 14.4 Å². The maximum absolute atomic E-state index is 12.5. The summed E-state index contributed by atoms with van der Waals surface area (Å²) in [6.45, 7) is -0.425. The lowest BCUT2D eigenvalue weighted by atomic mass is 10.1. The van der Waals surface area contributed by atoms with Crippen LogP contribution in [0.1, 0.15) is 0 Å². The minimum absolute atomic E-state index is 0.0569. The van der Waals surface area contributed by atoms with E-state index in [-0.39, 0.29) is 5.95 Å². The Kier molecular flexibility index (Phi) is 5.64. The van der Waals surface area contributed by atoms with Crippen molar-refractivity contribution in [3.63, 3.8) is 0 Å². The first-order valence-corrected chi connectivity index (χ1v) is 8.48. The fourth-order valence-electron chi connectivity index (χ4n) is 2.34. The van der Waals surface area contributed by atoms with Crippen LogP contribution in [0, 0.1) is 0 Å². The van der Waals surface area contributed by atoms with Crippen molar-refractivity contribution in [3.05, 3.63) is 46.7 Å². The molecule has 148 valence electrons. The van der Waals surface area contributed by atoms with E-state index in [4.69, 9.17) is 28.9 Å². The van der Waals surface area contributed by atoms with Crippen LogP contribution in [0.3, 0.4) is 0 Å². The summed E-state index contributed by atoms with van der Waals surface area (Å²) in [5, 5.41) is 3.32. The van der Waals surface area contributed by atoms with Crippen molar-refractivity contribution in [2.24, 2.45) is 5.73 Å². The van der Waals surface area contributed by atoms with Gasteiger partial charge < -0.3 is 15.8 Å². The number of imidazole rings is 1. The molecule has 12 heteroatoms. The summed E-state index contributed by atoms with van der Waals surface area (Å²) in [4.78, 5) is 19.6. The van der Waals surface area contributed by atoms with Gasteiger partial charge in [-0.05, 0) is 18.2 Å². The molecular formula is C16H12Cl2F3N5O2. The van der Waals surface area contributed by atoms with Crippen LogP contribution in [0.15, 0.2) is 36.7 Å². The summed E-state index contributed by atoms with van der Waals surface area (Å²) >= 11 is 12.1. The van der Waals surface area contributed by atoms with Crippen LogP contribution in [0.5, 0.6) is 0 Å². The number of hydrogen-bond acceptors (Lipinski definition) is 6. The minimum atomic E-state index is -5.15. The predicted octanol–water partition coefficient (Wildman–Crippen LogP) is 3.51. The number of anilines is 1. The highest BCUT2D eigenvalue weighted by Crippen LogP contribution is 2.30. The van der Waals surface area contributed by atoms with Crippen molar-refractivity contribution in [2.45, 2.75) is 12.4 Å². The van der Waals surface area contributed by atoms with E-state index in [0.717, 1.165) is 0 Å². The largest absolute Gasteiger partial charge is 0.491 e. The first-order valence-electron chi connectivity index (χ1n) is 7.73. The van der Waals surface area contributed by atoms with Gasteiger partial charge in [0.15, 0.2) is 6.23 Å². The third-order valence-corrected chi connectivity index (χ3v) is 4.13. The topological polar surface area (TPSA) is 94.5 Å². The number of rotatable bonds is 5. The monoisotopic (exact) mass is 433 g/mol.